The van der Waals surface area contributed by atoms with Crippen molar-refractivity contribution in [3.63, 3.8) is 0 Å². The van der Waals surface area contributed by atoms with Crippen molar-refractivity contribution in [1.29, 1.82) is 0 Å². The molecule has 4 aromatic rings. The lowest BCUT2D eigenvalue weighted by Gasteiger charge is -2.09. The number of aromatic nitrogens is 2. The number of alkyl halides is 3. The zero-order valence-electron chi connectivity index (χ0n) is 15.3. The normalized spacial score (nSPS) is 12.2. The molecule has 1 amide bonds. The van der Waals surface area contributed by atoms with E-state index < -0.39 is 17.6 Å². The minimum absolute atomic E-state index is 0.191. The number of carbonyl (C=O) groups is 1. The first-order valence-electron chi connectivity index (χ1n) is 8.48. The Kier molecular flexibility index (Phi) is 3.78. The lowest BCUT2D eigenvalue weighted by molar-refractivity contribution is -0.137. The van der Waals surface area contributed by atoms with Gasteiger partial charge >= 0.3 is 6.18 Å². The van der Waals surface area contributed by atoms with Gasteiger partial charge in [-0.3, -0.25) is 4.79 Å². The van der Waals surface area contributed by atoms with E-state index in [1.165, 1.54) is 0 Å². The third kappa shape index (κ3) is 2.64. The number of fused-ring (bicyclic) bond motifs is 3. The number of nitrogens with two attached hydrogens (primary N) is 1. The van der Waals surface area contributed by atoms with Crippen molar-refractivity contribution in [2.45, 2.75) is 26.9 Å². The molecule has 0 aliphatic carbocycles. The second-order valence-corrected chi connectivity index (χ2v) is 6.85. The highest BCUT2D eigenvalue weighted by atomic mass is 19.4. The van der Waals surface area contributed by atoms with Crippen LogP contribution in [-0.2, 0) is 6.18 Å². The van der Waals surface area contributed by atoms with Crippen molar-refractivity contribution >= 4 is 27.7 Å². The maximum Gasteiger partial charge on any atom is 0.416 e. The summed E-state index contributed by atoms with van der Waals surface area (Å²) in [5.74, 6) is -0.109. The van der Waals surface area contributed by atoms with Gasteiger partial charge in [0, 0.05) is 21.9 Å². The number of benzene rings is 2. The van der Waals surface area contributed by atoms with Crippen LogP contribution < -0.4 is 5.73 Å². The fraction of sp³-hybridized carbons (Fsp3) is 0.200. The number of primary amides is 1. The molecule has 0 unspecified atom stereocenters. The van der Waals surface area contributed by atoms with Crippen LogP contribution in [0.4, 0.5) is 13.2 Å². The molecule has 0 fully saturated rings. The Labute approximate surface area is 157 Å². The van der Waals surface area contributed by atoms with Crippen LogP contribution in [0.15, 0.2) is 28.8 Å². The number of rotatable bonds is 2. The van der Waals surface area contributed by atoms with Crippen LogP contribution in [0.1, 0.15) is 32.9 Å². The van der Waals surface area contributed by atoms with E-state index in [-0.39, 0.29) is 5.56 Å². The average Bonchev–Trinajstić information content (AvgIpc) is 3.12. The van der Waals surface area contributed by atoms with E-state index in [2.05, 4.69) is 10.1 Å². The van der Waals surface area contributed by atoms with Crippen LogP contribution >= 0.6 is 0 Å². The van der Waals surface area contributed by atoms with Crippen LogP contribution in [-0.4, -0.2) is 16.0 Å². The molecule has 0 radical (unpaired) electrons. The SMILES string of the molecule is Cc1noc(C)c1-c1cc(C(N)=O)c2[nH]c3cc(C(F)(F)F)cc(C)c3c2c1. The number of H-pyrrole nitrogens is 1. The lowest BCUT2D eigenvalue weighted by Crippen LogP contribution is -2.11. The number of aryl methyl sites for hydroxylation is 3. The Morgan fingerprint density at radius 1 is 1.14 bits per heavy atom. The highest BCUT2D eigenvalue weighted by molar-refractivity contribution is 6.17. The van der Waals surface area contributed by atoms with E-state index >= 15 is 0 Å². The Morgan fingerprint density at radius 2 is 1.86 bits per heavy atom. The molecule has 0 atom stereocenters. The number of nitrogens with zero attached hydrogens (tertiary/aromatic N) is 1. The summed E-state index contributed by atoms with van der Waals surface area (Å²) in [7, 11) is 0. The van der Waals surface area contributed by atoms with E-state index in [1.54, 1.807) is 26.8 Å². The summed E-state index contributed by atoms with van der Waals surface area (Å²) >= 11 is 0. The number of amides is 1. The summed E-state index contributed by atoms with van der Waals surface area (Å²) in [5, 5.41) is 5.16. The van der Waals surface area contributed by atoms with Gasteiger partial charge in [0.25, 0.3) is 5.91 Å². The van der Waals surface area contributed by atoms with E-state index in [9.17, 15) is 18.0 Å². The van der Waals surface area contributed by atoms with Crippen LogP contribution in [0.3, 0.4) is 0 Å². The quantitative estimate of drug-likeness (QED) is 0.506. The van der Waals surface area contributed by atoms with Crippen molar-refractivity contribution in [3.8, 4) is 11.1 Å². The van der Waals surface area contributed by atoms with Gasteiger partial charge in [-0.2, -0.15) is 13.2 Å². The van der Waals surface area contributed by atoms with Gasteiger partial charge in [-0.1, -0.05) is 5.16 Å². The van der Waals surface area contributed by atoms with Gasteiger partial charge in [0.1, 0.15) is 5.76 Å². The second kappa shape index (κ2) is 5.85. The topological polar surface area (TPSA) is 84.9 Å². The van der Waals surface area contributed by atoms with Crippen molar-refractivity contribution in [3.05, 3.63) is 52.4 Å². The maximum atomic E-state index is 13.2. The van der Waals surface area contributed by atoms with Gasteiger partial charge in [0.05, 0.1) is 22.3 Å². The molecule has 2 aromatic heterocycles. The molecule has 4 rings (SSSR count). The average molecular weight is 387 g/mol. The standard InChI is InChI=1S/C20H16F3N3O2/c1-8-4-12(20(21,22)23)7-15-16(8)13-5-11(17-9(2)26-28-10(17)3)6-14(19(24)27)18(13)25-15/h4-7,25H,1-3H3,(H2,24,27). The molecule has 5 nitrogen and oxygen atoms in total. The number of nitrogens with one attached hydrogen (secondary N) is 1. The van der Waals surface area contributed by atoms with Crippen LogP contribution in [0, 0.1) is 20.8 Å². The number of hydrogen-bond acceptors (Lipinski definition) is 3. The van der Waals surface area contributed by atoms with Crippen LogP contribution in [0.5, 0.6) is 0 Å². The molecule has 144 valence electrons. The van der Waals surface area contributed by atoms with Crippen molar-refractivity contribution in [2.24, 2.45) is 5.73 Å². The van der Waals surface area contributed by atoms with E-state index in [1.807, 2.05) is 6.07 Å². The van der Waals surface area contributed by atoms with Crippen molar-refractivity contribution < 1.29 is 22.5 Å². The van der Waals surface area contributed by atoms with Gasteiger partial charge < -0.3 is 15.2 Å². The monoisotopic (exact) mass is 387 g/mol. The first-order chi connectivity index (χ1) is 13.1. The molecular weight excluding hydrogens is 371 g/mol. The van der Waals surface area contributed by atoms with Crippen molar-refractivity contribution in [2.75, 3.05) is 0 Å². The van der Waals surface area contributed by atoms with Gasteiger partial charge in [-0.15, -0.1) is 0 Å². The lowest BCUT2D eigenvalue weighted by atomic mass is 9.96. The fourth-order valence-electron chi connectivity index (χ4n) is 3.75. The third-order valence-corrected chi connectivity index (χ3v) is 4.92. The number of aromatic amines is 1. The molecule has 3 N–H and O–H groups in total. The molecule has 8 heteroatoms. The summed E-state index contributed by atoms with van der Waals surface area (Å²) in [6.45, 7) is 5.13. The molecule has 0 bridgehead atoms. The van der Waals surface area contributed by atoms with E-state index in [0.29, 0.717) is 44.4 Å². The Balaban J connectivity index is 2.13. The molecule has 28 heavy (non-hydrogen) atoms. The third-order valence-electron chi connectivity index (χ3n) is 4.92. The predicted octanol–water partition coefficient (Wildman–Crippen LogP) is 5.02. The second-order valence-electron chi connectivity index (χ2n) is 6.85. The molecule has 0 aliphatic heterocycles. The Morgan fingerprint density at radius 3 is 2.43 bits per heavy atom. The van der Waals surface area contributed by atoms with E-state index in [0.717, 1.165) is 17.7 Å². The Bertz CT molecular complexity index is 1250. The Hall–Kier alpha value is -3.29. The van der Waals surface area contributed by atoms with Gasteiger partial charge in [-0.05, 0) is 56.2 Å². The zero-order chi connectivity index (χ0) is 20.4. The van der Waals surface area contributed by atoms with E-state index in [4.69, 9.17) is 10.3 Å². The summed E-state index contributed by atoms with van der Waals surface area (Å²) in [6, 6.07) is 5.56. The minimum Gasteiger partial charge on any atom is -0.366 e. The molecular formula is C20H16F3N3O2. The molecule has 0 saturated heterocycles. The maximum absolute atomic E-state index is 13.2. The molecule has 0 saturated carbocycles. The van der Waals surface area contributed by atoms with Gasteiger partial charge in [-0.25, -0.2) is 0 Å². The molecule has 2 heterocycles. The first kappa shape index (κ1) is 18.1. The first-order valence-corrected chi connectivity index (χ1v) is 8.48. The highest BCUT2D eigenvalue weighted by Crippen LogP contribution is 2.39. The van der Waals surface area contributed by atoms with Crippen LogP contribution in [0.25, 0.3) is 32.9 Å². The highest BCUT2D eigenvalue weighted by Gasteiger charge is 2.31. The van der Waals surface area contributed by atoms with Gasteiger partial charge in [0.15, 0.2) is 0 Å². The number of hydrogen-bond donors (Lipinski definition) is 2. The summed E-state index contributed by atoms with van der Waals surface area (Å²) in [4.78, 5) is 15.0. The summed E-state index contributed by atoms with van der Waals surface area (Å²) < 4.78 is 44.8. The number of carbonyl (C=O) groups excluding carboxylic acids is 1. The number of halogens is 3. The fourth-order valence-corrected chi connectivity index (χ4v) is 3.75. The van der Waals surface area contributed by atoms with Gasteiger partial charge in [0.2, 0.25) is 0 Å². The molecule has 2 aromatic carbocycles. The smallest absolute Gasteiger partial charge is 0.366 e. The zero-order valence-corrected chi connectivity index (χ0v) is 15.3. The molecule has 0 aliphatic rings. The van der Waals surface area contributed by atoms with Crippen molar-refractivity contribution in [1.82, 2.24) is 10.1 Å². The summed E-state index contributed by atoms with van der Waals surface area (Å²) in [5.41, 5.74) is 8.17. The largest absolute Gasteiger partial charge is 0.416 e. The molecule has 0 spiro atoms. The van der Waals surface area contributed by atoms with Crippen LogP contribution in [0.2, 0.25) is 0 Å². The predicted molar refractivity (Wildman–Crippen MR) is 99.0 cm³/mol. The minimum atomic E-state index is -4.47. The summed E-state index contributed by atoms with van der Waals surface area (Å²) in [6.07, 6.45) is -4.47.